The number of nitrogens with zero attached hydrogens (tertiary/aromatic N) is 1. The summed E-state index contributed by atoms with van der Waals surface area (Å²) in [6.07, 6.45) is 30.6. The maximum Gasteiger partial charge on any atom is 0.472 e. The van der Waals surface area contributed by atoms with Gasteiger partial charge in [-0.1, -0.05) is 162 Å². The van der Waals surface area contributed by atoms with E-state index in [0.29, 0.717) is 23.9 Å². The van der Waals surface area contributed by atoms with E-state index in [2.05, 4.69) is 19.2 Å². The molecule has 3 unspecified atom stereocenters. The molecule has 0 spiro atoms. The van der Waals surface area contributed by atoms with Gasteiger partial charge in [-0.3, -0.25) is 13.8 Å². The van der Waals surface area contributed by atoms with E-state index >= 15 is 0 Å². The molecular formula is C37H78N2O6P+. The number of rotatable bonds is 35. The molecule has 0 aromatic heterocycles. The Morgan fingerprint density at radius 3 is 1.46 bits per heavy atom. The third kappa shape index (κ3) is 32.1. The summed E-state index contributed by atoms with van der Waals surface area (Å²) in [4.78, 5) is 22.6. The fourth-order valence-electron chi connectivity index (χ4n) is 5.69. The van der Waals surface area contributed by atoms with Gasteiger partial charge in [-0.15, -0.1) is 0 Å². The van der Waals surface area contributed by atoms with Crippen LogP contribution in [0.15, 0.2) is 0 Å². The molecule has 0 bridgehead atoms. The highest BCUT2D eigenvalue weighted by atomic mass is 31.2. The number of carbonyl (C=O) groups is 1. The van der Waals surface area contributed by atoms with Gasteiger partial charge in [0.15, 0.2) is 0 Å². The second-order valence-electron chi connectivity index (χ2n) is 14.7. The largest absolute Gasteiger partial charge is 0.472 e. The van der Waals surface area contributed by atoms with Gasteiger partial charge in [-0.05, 0) is 12.8 Å². The molecule has 0 rings (SSSR count). The van der Waals surface area contributed by atoms with Crippen LogP contribution in [0.3, 0.4) is 0 Å². The van der Waals surface area contributed by atoms with Gasteiger partial charge >= 0.3 is 7.82 Å². The maximum atomic E-state index is 12.5. The number of phosphoric acid groups is 1. The van der Waals surface area contributed by atoms with E-state index < -0.39 is 20.0 Å². The standard InChI is InChI=1S/C37H77N2O6P/c1-6-8-10-11-12-13-14-15-16-17-18-19-20-21-22-23-24-25-26-27-29-30-36(40)35(38-37(41)31-28-9-7-2)34-45-46(42,43)44-33-32-39(3,4)5/h35-36,40H,6-34H2,1-5H3,(H-,38,41,42,43)/p+1. The number of carbonyl (C=O) groups excluding carboxylic acids is 1. The first-order valence-corrected chi connectivity index (χ1v) is 20.9. The maximum absolute atomic E-state index is 12.5. The molecule has 0 saturated carbocycles. The van der Waals surface area contributed by atoms with Gasteiger partial charge in [-0.25, -0.2) is 4.57 Å². The fraction of sp³-hybridized carbons (Fsp3) is 0.973. The zero-order valence-electron chi connectivity index (χ0n) is 31.1. The van der Waals surface area contributed by atoms with Gasteiger partial charge < -0.3 is 19.8 Å². The molecule has 3 N–H and O–H groups in total. The van der Waals surface area contributed by atoms with Crippen LogP contribution >= 0.6 is 7.82 Å². The summed E-state index contributed by atoms with van der Waals surface area (Å²) in [5, 5.41) is 13.7. The van der Waals surface area contributed by atoms with Crippen LogP contribution in [-0.4, -0.2) is 73.4 Å². The van der Waals surface area contributed by atoms with Crippen LogP contribution in [0, 0.1) is 0 Å². The van der Waals surface area contributed by atoms with Gasteiger partial charge in [0, 0.05) is 6.42 Å². The number of nitrogens with one attached hydrogen (secondary N) is 1. The topological polar surface area (TPSA) is 105 Å². The van der Waals surface area contributed by atoms with E-state index in [1.54, 1.807) is 0 Å². The second kappa shape index (κ2) is 30.6. The minimum atomic E-state index is -4.28. The molecule has 0 saturated heterocycles. The Bertz CT molecular complexity index is 733. The Kier molecular flexibility index (Phi) is 30.2. The highest BCUT2D eigenvalue weighted by Crippen LogP contribution is 2.43. The summed E-state index contributed by atoms with van der Waals surface area (Å²) in [5.41, 5.74) is 0. The predicted octanol–water partition coefficient (Wildman–Crippen LogP) is 9.85. The van der Waals surface area contributed by atoms with Crippen molar-refractivity contribution in [1.82, 2.24) is 5.32 Å². The molecule has 0 aliphatic heterocycles. The summed E-state index contributed by atoms with van der Waals surface area (Å²) in [5.74, 6) is -0.168. The third-order valence-corrected chi connectivity index (χ3v) is 9.84. The summed E-state index contributed by atoms with van der Waals surface area (Å²) >= 11 is 0. The molecule has 1 amide bonds. The summed E-state index contributed by atoms with van der Waals surface area (Å²) in [6.45, 7) is 4.72. The quantitative estimate of drug-likeness (QED) is 0.0350. The Labute approximate surface area is 285 Å². The van der Waals surface area contributed by atoms with E-state index in [1.807, 2.05) is 21.1 Å². The van der Waals surface area contributed by atoms with Crippen molar-refractivity contribution in [3.63, 3.8) is 0 Å². The molecule has 276 valence electrons. The van der Waals surface area contributed by atoms with Crippen LogP contribution in [0.5, 0.6) is 0 Å². The number of hydrogen-bond donors (Lipinski definition) is 3. The Balaban J connectivity index is 4.01. The number of likely N-dealkylation sites (N-methyl/N-ethyl adjacent to an activating group) is 1. The number of amides is 1. The average molecular weight is 678 g/mol. The minimum Gasteiger partial charge on any atom is -0.391 e. The molecule has 0 heterocycles. The lowest BCUT2D eigenvalue weighted by atomic mass is 10.0. The van der Waals surface area contributed by atoms with Crippen LogP contribution in [0.25, 0.3) is 0 Å². The first-order chi connectivity index (χ1) is 22.0. The van der Waals surface area contributed by atoms with Crippen LogP contribution in [-0.2, 0) is 18.4 Å². The number of aliphatic hydroxyl groups is 1. The van der Waals surface area contributed by atoms with Crippen LogP contribution in [0.2, 0.25) is 0 Å². The highest BCUT2D eigenvalue weighted by molar-refractivity contribution is 7.47. The van der Waals surface area contributed by atoms with Gasteiger partial charge in [-0.2, -0.15) is 0 Å². The van der Waals surface area contributed by atoms with E-state index in [0.717, 1.165) is 38.5 Å². The Morgan fingerprint density at radius 1 is 0.652 bits per heavy atom. The zero-order valence-corrected chi connectivity index (χ0v) is 32.0. The van der Waals surface area contributed by atoms with Crippen molar-refractivity contribution in [2.45, 2.75) is 193 Å². The molecule has 3 atom stereocenters. The van der Waals surface area contributed by atoms with Crippen LogP contribution in [0.4, 0.5) is 0 Å². The number of hydrogen-bond acceptors (Lipinski definition) is 5. The lowest BCUT2D eigenvalue weighted by molar-refractivity contribution is -0.870. The van der Waals surface area contributed by atoms with Crippen molar-refractivity contribution < 1.29 is 32.9 Å². The highest BCUT2D eigenvalue weighted by Gasteiger charge is 2.28. The monoisotopic (exact) mass is 678 g/mol. The molecule has 0 radical (unpaired) electrons. The molecule has 46 heavy (non-hydrogen) atoms. The molecule has 0 aliphatic carbocycles. The van der Waals surface area contributed by atoms with Gasteiger partial charge in [0.1, 0.15) is 13.2 Å². The van der Waals surface area contributed by atoms with E-state index in [1.165, 1.54) is 116 Å². The summed E-state index contributed by atoms with van der Waals surface area (Å²) in [6, 6.07) is -0.748. The Hall–Kier alpha value is -0.500. The van der Waals surface area contributed by atoms with Crippen LogP contribution < -0.4 is 5.32 Å². The molecule has 0 aromatic rings. The van der Waals surface area contributed by atoms with Crippen molar-refractivity contribution in [2.75, 3.05) is 40.9 Å². The van der Waals surface area contributed by atoms with Crippen molar-refractivity contribution >= 4 is 13.7 Å². The molecular weight excluding hydrogens is 599 g/mol. The average Bonchev–Trinajstić information content (AvgIpc) is 2.99. The SMILES string of the molecule is CCCCCCCCCCCCCCCCCCCCCCCC(O)C(COP(=O)(O)OCC[N+](C)(C)C)NC(=O)CCCCC. The molecule has 0 aliphatic rings. The minimum absolute atomic E-state index is 0.0767. The van der Waals surface area contributed by atoms with E-state index in [4.69, 9.17) is 9.05 Å². The van der Waals surface area contributed by atoms with Crippen LogP contribution in [0.1, 0.15) is 181 Å². The number of aliphatic hydroxyl groups excluding tert-OH is 1. The molecule has 8 nitrogen and oxygen atoms in total. The predicted molar refractivity (Wildman–Crippen MR) is 194 cm³/mol. The Morgan fingerprint density at radius 2 is 1.04 bits per heavy atom. The first-order valence-electron chi connectivity index (χ1n) is 19.4. The van der Waals surface area contributed by atoms with Crippen molar-refractivity contribution in [1.29, 1.82) is 0 Å². The van der Waals surface area contributed by atoms with E-state index in [9.17, 15) is 19.4 Å². The second-order valence-corrected chi connectivity index (χ2v) is 16.1. The zero-order chi connectivity index (χ0) is 34.4. The van der Waals surface area contributed by atoms with Crippen molar-refractivity contribution in [2.24, 2.45) is 0 Å². The normalized spacial score (nSPS) is 14.7. The number of quaternary nitrogens is 1. The summed E-state index contributed by atoms with van der Waals surface area (Å²) < 4.78 is 23.3. The lowest BCUT2D eigenvalue weighted by Crippen LogP contribution is -2.46. The summed E-state index contributed by atoms with van der Waals surface area (Å²) in [7, 11) is 1.62. The van der Waals surface area contributed by atoms with Crippen molar-refractivity contribution in [3.05, 3.63) is 0 Å². The van der Waals surface area contributed by atoms with Gasteiger partial charge in [0.2, 0.25) is 5.91 Å². The van der Waals surface area contributed by atoms with Gasteiger partial charge in [0.05, 0.1) is 39.9 Å². The number of phosphoric ester groups is 1. The fourth-order valence-corrected chi connectivity index (χ4v) is 6.43. The smallest absolute Gasteiger partial charge is 0.391 e. The lowest BCUT2D eigenvalue weighted by Gasteiger charge is -2.26. The van der Waals surface area contributed by atoms with E-state index in [-0.39, 0.29) is 19.1 Å². The number of unbranched alkanes of at least 4 members (excludes halogenated alkanes) is 22. The molecule has 9 heteroatoms. The van der Waals surface area contributed by atoms with Gasteiger partial charge in [0.25, 0.3) is 0 Å². The van der Waals surface area contributed by atoms with Crippen molar-refractivity contribution in [3.8, 4) is 0 Å². The molecule has 0 fully saturated rings. The third-order valence-electron chi connectivity index (χ3n) is 8.86. The molecule has 0 aromatic carbocycles. The first kappa shape index (κ1) is 45.5.